The average Bonchev–Trinajstić information content (AvgIpc) is 2.95. The molecule has 0 aromatic carbocycles. The molecule has 0 amide bonds. The molecule has 0 N–H and O–H groups in total. The Labute approximate surface area is 103 Å². The lowest BCUT2D eigenvalue weighted by molar-refractivity contribution is 0.619. The van der Waals surface area contributed by atoms with Crippen LogP contribution in [0, 0.1) is 0 Å². The molecule has 86 valence electrons. The summed E-state index contributed by atoms with van der Waals surface area (Å²) in [6, 6.07) is 4.21. The van der Waals surface area contributed by atoms with Crippen LogP contribution in [0.2, 0.25) is 0 Å². The lowest BCUT2D eigenvalue weighted by atomic mass is 10.3. The summed E-state index contributed by atoms with van der Waals surface area (Å²) in [4.78, 5) is 13.4. The predicted molar refractivity (Wildman–Crippen MR) is 69.0 cm³/mol. The molecule has 17 heavy (non-hydrogen) atoms. The molecule has 0 saturated carbocycles. The second-order valence-electron chi connectivity index (χ2n) is 4.08. The zero-order valence-electron chi connectivity index (χ0n) is 9.66. The first-order chi connectivity index (χ1) is 8.27. The second kappa shape index (κ2) is 3.92. The smallest absolute Gasteiger partial charge is 0.171 e. The topological polar surface area (TPSA) is 43.6 Å². The Morgan fingerprint density at radius 2 is 2.12 bits per heavy atom. The van der Waals surface area contributed by atoms with Crippen molar-refractivity contribution >= 4 is 22.5 Å². The molecule has 4 nitrogen and oxygen atoms in total. The summed E-state index contributed by atoms with van der Waals surface area (Å²) in [6.07, 6.45) is 3.60. The van der Waals surface area contributed by atoms with Crippen LogP contribution in [-0.4, -0.2) is 19.5 Å². The van der Waals surface area contributed by atoms with E-state index in [1.165, 1.54) is 0 Å². The molecule has 0 unspecified atom stereocenters. The van der Waals surface area contributed by atoms with Crippen LogP contribution in [0.25, 0.3) is 22.0 Å². The van der Waals surface area contributed by atoms with Crippen molar-refractivity contribution in [1.29, 1.82) is 0 Å². The summed E-state index contributed by atoms with van der Waals surface area (Å²) in [6.45, 7) is 4.26. The van der Waals surface area contributed by atoms with Crippen LogP contribution in [0.3, 0.4) is 0 Å². The Balaban J connectivity index is 2.34. The third-order valence-electron chi connectivity index (χ3n) is 2.59. The van der Waals surface area contributed by atoms with Gasteiger partial charge >= 0.3 is 0 Å². The van der Waals surface area contributed by atoms with E-state index in [0.29, 0.717) is 6.04 Å². The van der Waals surface area contributed by atoms with E-state index in [9.17, 15) is 0 Å². The second-order valence-corrected chi connectivity index (χ2v) is 4.98. The molecular formula is C12H12N4S. The summed E-state index contributed by atoms with van der Waals surface area (Å²) < 4.78 is 2.13. The maximum Gasteiger partial charge on any atom is 0.171 e. The van der Waals surface area contributed by atoms with E-state index in [0.717, 1.165) is 22.0 Å². The van der Waals surface area contributed by atoms with E-state index in [1.54, 1.807) is 23.7 Å². The number of aromatic nitrogens is 4. The number of hydrogen-bond donors (Lipinski definition) is 0. The van der Waals surface area contributed by atoms with Gasteiger partial charge < -0.3 is 4.57 Å². The highest BCUT2D eigenvalue weighted by atomic mass is 32.1. The number of nitrogens with zero attached hydrogens (tertiary/aromatic N) is 4. The molecule has 0 spiro atoms. The maximum absolute atomic E-state index is 4.62. The van der Waals surface area contributed by atoms with Crippen LogP contribution in [0.15, 0.2) is 29.9 Å². The van der Waals surface area contributed by atoms with E-state index >= 15 is 0 Å². The van der Waals surface area contributed by atoms with Gasteiger partial charge in [0.15, 0.2) is 16.5 Å². The molecule has 3 rings (SSSR count). The fourth-order valence-electron chi connectivity index (χ4n) is 1.90. The minimum atomic E-state index is 0.314. The Hall–Kier alpha value is -1.75. The standard InChI is InChI=1S/C12H12N4S/c1-8(2)16-10-9(4-3-5-13-10)15-11(16)12-14-6-7-17-12/h3-8H,1-2H3. The number of thiazole rings is 1. The largest absolute Gasteiger partial charge is 0.304 e. The third kappa shape index (κ3) is 1.63. The summed E-state index contributed by atoms with van der Waals surface area (Å²) in [5, 5.41) is 2.91. The van der Waals surface area contributed by atoms with Crippen molar-refractivity contribution in [3.8, 4) is 10.8 Å². The Morgan fingerprint density at radius 3 is 2.82 bits per heavy atom. The maximum atomic E-state index is 4.62. The van der Waals surface area contributed by atoms with Crippen molar-refractivity contribution in [2.45, 2.75) is 19.9 Å². The zero-order chi connectivity index (χ0) is 11.8. The fourth-order valence-corrected chi connectivity index (χ4v) is 2.53. The minimum absolute atomic E-state index is 0.314. The van der Waals surface area contributed by atoms with Gasteiger partial charge in [-0.25, -0.2) is 15.0 Å². The van der Waals surface area contributed by atoms with Gasteiger partial charge in [0.1, 0.15) is 5.52 Å². The lowest BCUT2D eigenvalue weighted by Gasteiger charge is -2.10. The number of hydrogen-bond acceptors (Lipinski definition) is 4. The van der Waals surface area contributed by atoms with Gasteiger partial charge in [0, 0.05) is 23.8 Å². The van der Waals surface area contributed by atoms with E-state index in [1.807, 2.05) is 17.5 Å². The molecule has 0 aliphatic heterocycles. The molecule has 0 aliphatic rings. The Morgan fingerprint density at radius 1 is 1.24 bits per heavy atom. The lowest BCUT2D eigenvalue weighted by Crippen LogP contribution is -2.03. The highest BCUT2D eigenvalue weighted by Gasteiger charge is 2.16. The molecule has 0 radical (unpaired) electrons. The summed E-state index contributed by atoms with van der Waals surface area (Å²) >= 11 is 1.60. The molecule has 3 aromatic rings. The van der Waals surface area contributed by atoms with Gasteiger partial charge in [0.2, 0.25) is 0 Å². The number of imidazole rings is 1. The number of fused-ring (bicyclic) bond motifs is 1. The van der Waals surface area contributed by atoms with Crippen LogP contribution in [0.5, 0.6) is 0 Å². The molecule has 3 aromatic heterocycles. The van der Waals surface area contributed by atoms with Gasteiger partial charge in [0.05, 0.1) is 0 Å². The summed E-state index contributed by atoms with van der Waals surface area (Å²) in [7, 11) is 0. The van der Waals surface area contributed by atoms with Crippen molar-refractivity contribution < 1.29 is 0 Å². The van der Waals surface area contributed by atoms with E-state index in [4.69, 9.17) is 0 Å². The molecule has 0 fully saturated rings. The van der Waals surface area contributed by atoms with Gasteiger partial charge in [-0.2, -0.15) is 0 Å². The SMILES string of the molecule is CC(C)n1c(-c2nccs2)nc2cccnc21. The van der Waals surface area contributed by atoms with Gasteiger partial charge in [-0.15, -0.1) is 11.3 Å². The molecule has 5 heteroatoms. The molecule has 3 heterocycles. The number of pyridine rings is 1. The highest BCUT2D eigenvalue weighted by molar-refractivity contribution is 7.13. The van der Waals surface area contributed by atoms with E-state index in [-0.39, 0.29) is 0 Å². The quantitative estimate of drug-likeness (QED) is 0.695. The van der Waals surface area contributed by atoms with Crippen molar-refractivity contribution in [3.63, 3.8) is 0 Å². The van der Waals surface area contributed by atoms with Crippen molar-refractivity contribution in [3.05, 3.63) is 29.9 Å². The highest BCUT2D eigenvalue weighted by Crippen LogP contribution is 2.28. The van der Waals surface area contributed by atoms with Crippen LogP contribution in [-0.2, 0) is 0 Å². The number of rotatable bonds is 2. The first-order valence-electron chi connectivity index (χ1n) is 5.50. The van der Waals surface area contributed by atoms with Crippen molar-refractivity contribution in [1.82, 2.24) is 19.5 Å². The van der Waals surface area contributed by atoms with Crippen molar-refractivity contribution in [2.24, 2.45) is 0 Å². The van der Waals surface area contributed by atoms with Gasteiger partial charge in [0.25, 0.3) is 0 Å². The molecule has 0 saturated heterocycles. The summed E-state index contributed by atoms with van der Waals surface area (Å²) in [5.74, 6) is 0.906. The Kier molecular flexibility index (Phi) is 2.40. The predicted octanol–water partition coefficient (Wildman–Crippen LogP) is 3.14. The first-order valence-corrected chi connectivity index (χ1v) is 6.38. The zero-order valence-corrected chi connectivity index (χ0v) is 10.5. The van der Waals surface area contributed by atoms with Crippen LogP contribution in [0.1, 0.15) is 19.9 Å². The van der Waals surface area contributed by atoms with Crippen LogP contribution >= 0.6 is 11.3 Å². The van der Waals surface area contributed by atoms with E-state index < -0.39 is 0 Å². The fraction of sp³-hybridized carbons (Fsp3) is 0.250. The minimum Gasteiger partial charge on any atom is -0.304 e. The molecule has 0 aliphatic carbocycles. The van der Waals surface area contributed by atoms with E-state index in [2.05, 4.69) is 33.4 Å². The average molecular weight is 244 g/mol. The monoisotopic (exact) mass is 244 g/mol. The summed E-state index contributed by atoms with van der Waals surface area (Å²) in [5.41, 5.74) is 1.85. The normalized spacial score (nSPS) is 11.5. The van der Waals surface area contributed by atoms with Gasteiger partial charge in [-0.1, -0.05) is 0 Å². The molecule has 0 atom stereocenters. The molecular weight excluding hydrogens is 232 g/mol. The van der Waals surface area contributed by atoms with Gasteiger partial charge in [-0.05, 0) is 26.0 Å². The third-order valence-corrected chi connectivity index (χ3v) is 3.36. The van der Waals surface area contributed by atoms with Crippen LogP contribution < -0.4 is 0 Å². The van der Waals surface area contributed by atoms with Crippen molar-refractivity contribution in [2.75, 3.05) is 0 Å². The molecule has 0 bridgehead atoms. The first kappa shape index (κ1) is 10.4. The van der Waals surface area contributed by atoms with Crippen LogP contribution in [0.4, 0.5) is 0 Å². The Bertz CT molecular complexity index is 640. The van der Waals surface area contributed by atoms with Gasteiger partial charge in [-0.3, -0.25) is 0 Å².